The maximum absolute atomic E-state index is 12.7. The number of nitrogens with zero attached hydrogens (tertiary/aromatic N) is 2. The number of hydrogen-bond donors (Lipinski definition) is 1. The third kappa shape index (κ3) is 3.94. The summed E-state index contributed by atoms with van der Waals surface area (Å²) in [6.45, 7) is 0. The number of carbonyl (C=O) groups excluding carboxylic acids is 1. The van der Waals surface area contributed by atoms with Crippen molar-refractivity contribution in [3.63, 3.8) is 0 Å². The van der Waals surface area contributed by atoms with E-state index < -0.39 is 0 Å². The van der Waals surface area contributed by atoms with Gasteiger partial charge in [0.15, 0.2) is 0 Å². The van der Waals surface area contributed by atoms with E-state index in [1.165, 1.54) is 0 Å². The van der Waals surface area contributed by atoms with Gasteiger partial charge in [-0.15, -0.1) is 0 Å². The molecule has 2 heterocycles. The molecule has 5 rings (SSSR count). The standard InChI is InChI=1S/C26H19N3O2/c30-23(16-18-6-2-1-3-7-18)28-26-24(20-12-14-27-15-13-20)25(29-31-26)22-11-10-19-8-4-5-9-21(19)17-22/h1-15,17H,16H2,(H,28,30). The predicted octanol–water partition coefficient (Wildman–Crippen LogP) is 5.74. The third-order valence-electron chi connectivity index (χ3n) is 5.14. The van der Waals surface area contributed by atoms with Gasteiger partial charge in [-0.05, 0) is 40.1 Å². The molecule has 0 spiro atoms. The lowest BCUT2D eigenvalue weighted by atomic mass is 9.99. The maximum Gasteiger partial charge on any atom is 0.239 e. The summed E-state index contributed by atoms with van der Waals surface area (Å²) in [7, 11) is 0. The molecule has 0 unspecified atom stereocenters. The van der Waals surface area contributed by atoms with Crippen LogP contribution in [0.4, 0.5) is 5.88 Å². The van der Waals surface area contributed by atoms with E-state index in [1.807, 2.05) is 60.7 Å². The fourth-order valence-electron chi connectivity index (χ4n) is 3.65. The third-order valence-corrected chi connectivity index (χ3v) is 5.14. The number of benzene rings is 3. The molecule has 0 bridgehead atoms. The number of hydrogen-bond acceptors (Lipinski definition) is 4. The zero-order chi connectivity index (χ0) is 21.0. The van der Waals surface area contributed by atoms with Gasteiger partial charge in [0.1, 0.15) is 5.69 Å². The molecule has 0 aliphatic carbocycles. The molecular weight excluding hydrogens is 386 g/mol. The van der Waals surface area contributed by atoms with Crippen LogP contribution in [0, 0.1) is 0 Å². The summed E-state index contributed by atoms with van der Waals surface area (Å²) in [6.07, 6.45) is 3.67. The molecule has 150 valence electrons. The van der Waals surface area contributed by atoms with Crippen molar-refractivity contribution in [2.24, 2.45) is 0 Å². The average Bonchev–Trinajstić information content (AvgIpc) is 3.23. The van der Waals surface area contributed by atoms with Gasteiger partial charge in [0.2, 0.25) is 11.8 Å². The van der Waals surface area contributed by atoms with Gasteiger partial charge in [-0.25, -0.2) is 0 Å². The molecule has 1 amide bonds. The monoisotopic (exact) mass is 405 g/mol. The van der Waals surface area contributed by atoms with Crippen LogP contribution >= 0.6 is 0 Å². The fourth-order valence-corrected chi connectivity index (χ4v) is 3.65. The zero-order valence-corrected chi connectivity index (χ0v) is 16.7. The smallest absolute Gasteiger partial charge is 0.239 e. The van der Waals surface area contributed by atoms with Gasteiger partial charge in [0, 0.05) is 18.0 Å². The zero-order valence-electron chi connectivity index (χ0n) is 16.7. The SMILES string of the molecule is O=C(Cc1ccccc1)Nc1onc(-c2ccc3ccccc3c2)c1-c1ccncc1. The lowest BCUT2D eigenvalue weighted by molar-refractivity contribution is -0.115. The first-order valence-corrected chi connectivity index (χ1v) is 10.0. The molecule has 2 aromatic heterocycles. The summed E-state index contributed by atoms with van der Waals surface area (Å²) in [5, 5.41) is 9.48. The van der Waals surface area contributed by atoms with E-state index in [0.717, 1.165) is 33.0 Å². The minimum absolute atomic E-state index is 0.164. The average molecular weight is 405 g/mol. The quantitative estimate of drug-likeness (QED) is 0.405. The summed E-state index contributed by atoms with van der Waals surface area (Å²) in [5.41, 5.74) is 4.12. The summed E-state index contributed by atoms with van der Waals surface area (Å²) in [5.74, 6) is 0.165. The van der Waals surface area contributed by atoms with Crippen LogP contribution in [0.5, 0.6) is 0 Å². The largest absolute Gasteiger partial charge is 0.337 e. The van der Waals surface area contributed by atoms with Crippen LogP contribution < -0.4 is 5.32 Å². The first-order chi connectivity index (χ1) is 15.3. The van der Waals surface area contributed by atoms with Crippen LogP contribution in [-0.4, -0.2) is 16.0 Å². The highest BCUT2D eigenvalue weighted by Crippen LogP contribution is 2.38. The van der Waals surface area contributed by atoms with Crippen LogP contribution in [0.2, 0.25) is 0 Å². The van der Waals surface area contributed by atoms with Crippen molar-refractivity contribution in [2.75, 3.05) is 5.32 Å². The van der Waals surface area contributed by atoms with Gasteiger partial charge in [0.25, 0.3) is 0 Å². The summed E-state index contributed by atoms with van der Waals surface area (Å²) in [6, 6.07) is 27.7. The Kier molecular flexibility index (Phi) is 4.99. The minimum atomic E-state index is -0.164. The summed E-state index contributed by atoms with van der Waals surface area (Å²) >= 11 is 0. The van der Waals surface area contributed by atoms with Crippen molar-refractivity contribution in [1.29, 1.82) is 0 Å². The van der Waals surface area contributed by atoms with Gasteiger partial charge in [-0.1, -0.05) is 71.9 Å². The van der Waals surface area contributed by atoms with E-state index in [-0.39, 0.29) is 12.3 Å². The minimum Gasteiger partial charge on any atom is -0.337 e. The number of rotatable bonds is 5. The molecule has 5 nitrogen and oxygen atoms in total. The van der Waals surface area contributed by atoms with E-state index >= 15 is 0 Å². The van der Waals surface area contributed by atoms with Gasteiger partial charge in [-0.2, -0.15) is 0 Å². The first-order valence-electron chi connectivity index (χ1n) is 10.0. The highest BCUT2D eigenvalue weighted by Gasteiger charge is 2.21. The Morgan fingerprint density at radius 1 is 0.806 bits per heavy atom. The Morgan fingerprint density at radius 2 is 1.55 bits per heavy atom. The van der Waals surface area contributed by atoms with Gasteiger partial charge in [0.05, 0.1) is 12.0 Å². The Bertz CT molecular complexity index is 1350. The number of aromatic nitrogens is 2. The second-order valence-electron chi connectivity index (χ2n) is 7.24. The van der Waals surface area contributed by atoms with Crippen molar-refractivity contribution in [1.82, 2.24) is 10.1 Å². The van der Waals surface area contributed by atoms with E-state index in [0.29, 0.717) is 11.6 Å². The van der Waals surface area contributed by atoms with Crippen molar-refractivity contribution in [3.05, 3.63) is 103 Å². The van der Waals surface area contributed by atoms with Crippen LogP contribution in [0.15, 0.2) is 102 Å². The second-order valence-corrected chi connectivity index (χ2v) is 7.24. The highest BCUT2D eigenvalue weighted by atomic mass is 16.5. The summed E-state index contributed by atoms with van der Waals surface area (Å²) < 4.78 is 5.62. The number of amides is 1. The maximum atomic E-state index is 12.7. The van der Waals surface area contributed by atoms with E-state index in [2.05, 4.69) is 39.7 Å². The Hall–Kier alpha value is -4.25. The number of pyridine rings is 1. The predicted molar refractivity (Wildman–Crippen MR) is 121 cm³/mol. The normalized spacial score (nSPS) is 10.8. The molecule has 31 heavy (non-hydrogen) atoms. The molecule has 3 aromatic carbocycles. The first kappa shape index (κ1) is 18.8. The van der Waals surface area contributed by atoms with Crippen molar-refractivity contribution in [3.8, 4) is 22.4 Å². The lowest BCUT2D eigenvalue weighted by Gasteiger charge is -2.07. The van der Waals surface area contributed by atoms with Crippen LogP contribution in [0.25, 0.3) is 33.2 Å². The number of fused-ring (bicyclic) bond motifs is 1. The topological polar surface area (TPSA) is 68.0 Å². The van der Waals surface area contributed by atoms with Crippen LogP contribution in [-0.2, 0) is 11.2 Å². The van der Waals surface area contributed by atoms with Gasteiger partial charge >= 0.3 is 0 Å². The van der Waals surface area contributed by atoms with Crippen LogP contribution in [0.1, 0.15) is 5.56 Å². The van der Waals surface area contributed by atoms with Crippen molar-refractivity contribution >= 4 is 22.6 Å². The van der Waals surface area contributed by atoms with E-state index in [4.69, 9.17) is 4.52 Å². The molecule has 1 N–H and O–H groups in total. The Balaban J connectivity index is 1.54. The van der Waals surface area contributed by atoms with E-state index in [1.54, 1.807) is 12.4 Å². The molecule has 0 aliphatic heterocycles. The lowest BCUT2D eigenvalue weighted by Crippen LogP contribution is -2.14. The molecule has 0 atom stereocenters. The Morgan fingerprint density at radius 3 is 2.35 bits per heavy atom. The molecule has 5 heteroatoms. The number of carbonyl (C=O) groups is 1. The second kappa shape index (κ2) is 8.24. The Labute approximate surface area is 179 Å². The van der Waals surface area contributed by atoms with Gasteiger partial charge in [-0.3, -0.25) is 15.1 Å². The molecule has 0 saturated carbocycles. The molecule has 0 fully saturated rings. The summed E-state index contributed by atoms with van der Waals surface area (Å²) in [4.78, 5) is 16.8. The van der Waals surface area contributed by atoms with E-state index in [9.17, 15) is 4.79 Å². The van der Waals surface area contributed by atoms with Gasteiger partial charge < -0.3 is 4.52 Å². The molecular formula is C26H19N3O2. The molecule has 5 aromatic rings. The number of nitrogens with one attached hydrogen (secondary N) is 1. The van der Waals surface area contributed by atoms with Crippen LogP contribution in [0.3, 0.4) is 0 Å². The number of anilines is 1. The molecule has 0 saturated heterocycles. The van der Waals surface area contributed by atoms with Crippen molar-refractivity contribution < 1.29 is 9.32 Å². The van der Waals surface area contributed by atoms with Crippen molar-refractivity contribution in [2.45, 2.75) is 6.42 Å². The highest BCUT2D eigenvalue weighted by molar-refractivity contribution is 5.99. The molecule has 0 radical (unpaired) electrons. The fraction of sp³-hybridized carbons (Fsp3) is 0.0385. The molecule has 0 aliphatic rings.